The molecule has 0 heterocycles. The van der Waals surface area contributed by atoms with Crippen LogP contribution in [0.15, 0.2) is 18.2 Å². The number of anilines is 1. The Kier molecular flexibility index (Phi) is 5.95. The highest BCUT2D eigenvalue weighted by atomic mass is 32.2. The van der Waals surface area contributed by atoms with E-state index in [0.29, 0.717) is 0 Å². The van der Waals surface area contributed by atoms with Gasteiger partial charge in [0.2, 0.25) is 0 Å². The summed E-state index contributed by atoms with van der Waals surface area (Å²) >= 11 is 0. The smallest absolute Gasteiger partial charge is 0.422 e. The molecule has 0 aliphatic carbocycles. The van der Waals surface area contributed by atoms with Crippen LogP contribution in [0.1, 0.15) is 12.0 Å². The van der Waals surface area contributed by atoms with Gasteiger partial charge in [0, 0.05) is 6.42 Å². The highest BCUT2D eigenvalue weighted by Crippen LogP contribution is 2.17. The first kappa shape index (κ1) is 16.7. The molecule has 0 fully saturated rings. The van der Waals surface area contributed by atoms with Crippen LogP contribution in [0.3, 0.4) is 0 Å². The van der Waals surface area contributed by atoms with E-state index < -0.39 is 22.1 Å². The van der Waals surface area contributed by atoms with E-state index >= 15 is 0 Å². The lowest BCUT2D eigenvalue weighted by Gasteiger charge is -2.10. The zero-order valence-corrected chi connectivity index (χ0v) is 11.8. The molecule has 1 amide bonds. The van der Waals surface area contributed by atoms with E-state index in [-0.39, 0.29) is 24.3 Å². The third-order valence-corrected chi connectivity index (χ3v) is 3.01. The van der Waals surface area contributed by atoms with Crippen LogP contribution in [-0.2, 0) is 14.9 Å². The van der Waals surface area contributed by atoms with Crippen molar-refractivity contribution in [2.75, 3.05) is 18.4 Å². The minimum absolute atomic E-state index is 0.0155. The summed E-state index contributed by atoms with van der Waals surface area (Å²) in [7, 11) is -3.22. The van der Waals surface area contributed by atoms with Crippen molar-refractivity contribution in [3.63, 3.8) is 0 Å². The number of halogens is 1. The zero-order chi connectivity index (χ0) is 15.9. The van der Waals surface area contributed by atoms with Crippen LogP contribution < -0.4 is 9.44 Å². The number of carbonyl (C=O) groups is 1. The van der Waals surface area contributed by atoms with Crippen LogP contribution in [0.5, 0.6) is 0 Å². The Hall–Kier alpha value is -2.31. The summed E-state index contributed by atoms with van der Waals surface area (Å²) in [6.45, 7) is -0.173. The molecular formula is C12H13FN2O5S. The molecule has 0 unspecified atom stereocenters. The largest absolute Gasteiger partial charge is 0.452 e. The summed E-state index contributed by atoms with van der Waals surface area (Å²) in [6, 6.07) is 3.22. The van der Waals surface area contributed by atoms with Crippen molar-refractivity contribution in [3.05, 3.63) is 29.6 Å². The second kappa shape index (κ2) is 7.47. The number of aliphatic hydroxyl groups is 1. The fourth-order valence-corrected chi connectivity index (χ4v) is 2.07. The number of carbonyl (C=O) groups excluding carboxylic acids is 1. The van der Waals surface area contributed by atoms with Gasteiger partial charge >= 0.3 is 16.3 Å². The van der Waals surface area contributed by atoms with E-state index in [4.69, 9.17) is 5.11 Å². The van der Waals surface area contributed by atoms with Gasteiger partial charge in [-0.1, -0.05) is 11.8 Å². The van der Waals surface area contributed by atoms with Gasteiger partial charge in [0.1, 0.15) is 5.82 Å². The fraction of sp³-hybridized carbons (Fsp3) is 0.250. The molecule has 1 aromatic carbocycles. The molecule has 0 saturated heterocycles. The lowest BCUT2D eigenvalue weighted by Crippen LogP contribution is -2.35. The number of methoxy groups -OCH3 is 1. The van der Waals surface area contributed by atoms with E-state index in [1.54, 1.807) is 4.72 Å². The van der Waals surface area contributed by atoms with Crippen molar-refractivity contribution in [2.24, 2.45) is 0 Å². The van der Waals surface area contributed by atoms with Gasteiger partial charge in [0.25, 0.3) is 0 Å². The summed E-state index contributed by atoms with van der Waals surface area (Å²) in [5.41, 5.74) is 0.0527. The number of amides is 1. The second-order valence-electron chi connectivity index (χ2n) is 3.66. The predicted octanol–water partition coefficient (Wildman–Crippen LogP) is 0.572. The Morgan fingerprint density at radius 3 is 2.81 bits per heavy atom. The molecule has 0 spiro atoms. The number of rotatable bonds is 4. The fourth-order valence-electron chi connectivity index (χ4n) is 1.24. The van der Waals surface area contributed by atoms with Crippen molar-refractivity contribution in [1.82, 2.24) is 4.72 Å². The molecule has 0 aromatic heterocycles. The van der Waals surface area contributed by atoms with Gasteiger partial charge in [-0.25, -0.2) is 13.9 Å². The molecule has 0 atom stereocenters. The zero-order valence-electron chi connectivity index (χ0n) is 11.0. The minimum atomic E-state index is -4.23. The molecule has 0 radical (unpaired) electrons. The SMILES string of the molecule is COC(=O)NS(=O)(=O)Nc1ccc(F)cc1C#CCCO. The standard InChI is InChI=1S/C12H13FN2O5S/c1-20-12(17)15-21(18,19)14-11-6-5-10(13)8-9(11)4-2-3-7-16/h5-6,8,14,16H,3,7H2,1H3,(H,15,17). The Labute approximate surface area is 121 Å². The van der Waals surface area contributed by atoms with Gasteiger partial charge in [-0.2, -0.15) is 8.42 Å². The Morgan fingerprint density at radius 2 is 2.19 bits per heavy atom. The topological polar surface area (TPSA) is 105 Å². The average Bonchev–Trinajstić information content (AvgIpc) is 2.41. The lowest BCUT2D eigenvalue weighted by molar-refractivity contribution is 0.177. The van der Waals surface area contributed by atoms with Crippen LogP contribution in [-0.4, -0.2) is 33.3 Å². The molecule has 0 saturated carbocycles. The van der Waals surface area contributed by atoms with E-state index in [0.717, 1.165) is 25.3 Å². The first-order valence-corrected chi connectivity index (χ1v) is 7.14. The Bertz CT molecular complexity index is 679. The van der Waals surface area contributed by atoms with Gasteiger partial charge < -0.3 is 9.84 Å². The molecule has 3 N–H and O–H groups in total. The van der Waals surface area contributed by atoms with Crippen molar-refractivity contribution in [3.8, 4) is 11.8 Å². The Morgan fingerprint density at radius 1 is 1.48 bits per heavy atom. The van der Waals surface area contributed by atoms with Crippen LogP contribution in [0.4, 0.5) is 14.9 Å². The number of benzene rings is 1. The quantitative estimate of drug-likeness (QED) is 0.705. The number of hydrogen-bond donors (Lipinski definition) is 3. The van der Waals surface area contributed by atoms with Crippen LogP contribution in [0.2, 0.25) is 0 Å². The maximum absolute atomic E-state index is 13.2. The van der Waals surface area contributed by atoms with Crippen molar-refractivity contribution in [2.45, 2.75) is 6.42 Å². The van der Waals surface area contributed by atoms with Gasteiger partial charge in [-0.3, -0.25) is 4.72 Å². The molecule has 0 aliphatic heterocycles. The summed E-state index contributed by atoms with van der Waals surface area (Å²) in [4.78, 5) is 10.9. The van der Waals surface area contributed by atoms with Gasteiger partial charge in [0.15, 0.2) is 0 Å². The average molecular weight is 316 g/mol. The van der Waals surface area contributed by atoms with Crippen LogP contribution in [0.25, 0.3) is 0 Å². The molecule has 1 rings (SSSR count). The lowest BCUT2D eigenvalue weighted by atomic mass is 10.2. The number of ether oxygens (including phenoxy) is 1. The van der Waals surface area contributed by atoms with E-state index in [9.17, 15) is 17.6 Å². The van der Waals surface area contributed by atoms with E-state index in [1.807, 2.05) is 4.72 Å². The first-order valence-electron chi connectivity index (χ1n) is 5.65. The molecule has 21 heavy (non-hydrogen) atoms. The molecule has 114 valence electrons. The van der Waals surface area contributed by atoms with Crippen molar-refractivity contribution < 1.29 is 27.4 Å². The van der Waals surface area contributed by atoms with Crippen LogP contribution >= 0.6 is 0 Å². The van der Waals surface area contributed by atoms with Crippen molar-refractivity contribution in [1.29, 1.82) is 0 Å². The number of hydrogen-bond acceptors (Lipinski definition) is 5. The monoisotopic (exact) mass is 316 g/mol. The van der Waals surface area contributed by atoms with Gasteiger partial charge in [0.05, 0.1) is 25.0 Å². The third kappa shape index (κ3) is 5.68. The summed E-state index contributed by atoms with van der Waals surface area (Å²) in [5.74, 6) is 4.46. The molecule has 1 aromatic rings. The summed E-state index contributed by atoms with van der Waals surface area (Å²) in [6.07, 6.45) is -1.01. The summed E-state index contributed by atoms with van der Waals surface area (Å²) in [5, 5.41) is 8.63. The van der Waals surface area contributed by atoms with Gasteiger partial charge in [-0.15, -0.1) is 0 Å². The minimum Gasteiger partial charge on any atom is -0.452 e. The first-order chi connectivity index (χ1) is 9.88. The van der Waals surface area contributed by atoms with E-state index in [2.05, 4.69) is 16.6 Å². The van der Waals surface area contributed by atoms with Crippen LogP contribution in [0, 0.1) is 17.7 Å². The number of aliphatic hydroxyl groups excluding tert-OH is 1. The van der Waals surface area contributed by atoms with Crippen molar-refractivity contribution >= 4 is 22.0 Å². The maximum Gasteiger partial charge on any atom is 0.422 e. The van der Waals surface area contributed by atoms with E-state index in [1.165, 1.54) is 0 Å². The molecule has 7 nitrogen and oxygen atoms in total. The molecule has 0 bridgehead atoms. The van der Waals surface area contributed by atoms with Gasteiger partial charge in [-0.05, 0) is 18.2 Å². The third-order valence-electron chi connectivity index (χ3n) is 2.09. The predicted molar refractivity (Wildman–Crippen MR) is 73.1 cm³/mol. The normalized spacial score (nSPS) is 10.2. The second-order valence-corrected chi connectivity index (χ2v) is 5.08. The Balaban J connectivity index is 3.03. The highest BCUT2D eigenvalue weighted by Gasteiger charge is 2.16. The molecule has 0 aliphatic rings. The number of nitrogens with one attached hydrogen (secondary N) is 2. The molecular weight excluding hydrogens is 303 g/mol. The maximum atomic E-state index is 13.2. The highest BCUT2D eigenvalue weighted by molar-refractivity contribution is 7.91. The summed E-state index contributed by atoms with van der Waals surface area (Å²) < 4.78 is 44.2. The molecule has 9 heteroatoms.